The maximum atomic E-state index is 10.7. The van der Waals surface area contributed by atoms with Gasteiger partial charge in [-0.1, -0.05) is 104 Å². The van der Waals surface area contributed by atoms with Gasteiger partial charge in [-0.3, -0.25) is 4.79 Å². The molecule has 0 aromatic rings. The summed E-state index contributed by atoms with van der Waals surface area (Å²) in [5.74, 6) is 0.356. The van der Waals surface area contributed by atoms with Crippen LogP contribution in [0.5, 0.6) is 0 Å². The minimum absolute atomic E-state index is 0.155. The van der Waals surface area contributed by atoms with Crippen LogP contribution >= 0.6 is 0 Å². The van der Waals surface area contributed by atoms with Crippen LogP contribution in [0.4, 0.5) is 0 Å². The van der Waals surface area contributed by atoms with Crippen LogP contribution in [0.25, 0.3) is 0 Å². The Hall–Kier alpha value is -0.530. The second-order valence-electron chi connectivity index (χ2n) is 7.29. The van der Waals surface area contributed by atoms with Crippen LogP contribution in [0.3, 0.4) is 0 Å². The van der Waals surface area contributed by atoms with E-state index in [2.05, 4.69) is 13.8 Å². The molecule has 138 valence electrons. The molecular weight excluding hydrogens is 284 g/mol. The van der Waals surface area contributed by atoms with Crippen molar-refractivity contribution in [1.29, 1.82) is 0 Å². The monoisotopic (exact) mass is 326 g/mol. The van der Waals surface area contributed by atoms with Gasteiger partial charge in [-0.25, -0.2) is 0 Å². The van der Waals surface area contributed by atoms with E-state index in [1.807, 2.05) is 0 Å². The summed E-state index contributed by atoms with van der Waals surface area (Å²) >= 11 is 0. The Morgan fingerprint density at radius 1 is 0.739 bits per heavy atom. The maximum absolute atomic E-state index is 10.7. The highest BCUT2D eigenvalue weighted by atomic mass is 16.5. The molecule has 0 aromatic carbocycles. The van der Waals surface area contributed by atoms with Crippen molar-refractivity contribution < 1.29 is 9.53 Å². The van der Waals surface area contributed by atoms with E-state index in [4.69, 9.17) is 4.74 Å². The lowest BCUT2D eigenvalue weighted by Crippen LogP contribution is -2.09. The van der Waals surface area contributed by atoms with Crippen LogP contribution < -0.4 is 0 Å². The van der Waals surface area contributed by atoms with Crippen molar-refractivity contribution >= 4 is 5.97 Å². The average Bonchev–Trinajstić information content (AvgIpc) is 2.53. The third-order valence-electron chi connectivity index (χ3n) is 4.62. The number of esters is 1. The third-order valence-corrected chi connectivity index (χ3v) is 4.62. The van der Waals surface area contributed by atoms with Crippen molar-refractivity contribution in [1.82, 2.24) is 0 Å². The van der Waals surface area contributed by atoms with Crippen LogP contribution in [-0.2, 0) is 9.53 Å². The summed E-state index contributed by atoms with van der Waals surface area (Å²) in [6, 6.07) is 0. The van der Waals surface area contributed by atoms with Gasteiger partial charge in [0.05, 0.1) is 6.61 Å². The van der Waals surface area contributed by atoms with Gasteiger partial charge >= 0.3 is 5.97 Å². The Kier molecular flexibility index (Phi) is 17.4. The highest BCUT2D eigenvalue weighted by molar-refractivity contribution is 5.65. The van der Waals surface area contributed by atoms with Crippen molar-refractivity contribution in [2.24, 2.45) is 5.92 Å². The highest BCUT2D eigenvalue weighted by Gasteiger charge is 2.03. The van der Waals surface area contributed by atoms with Crippen molar-refractivity contribution in [3.63, 3.8) is 0 Å². The molecule has 0 heterocycles. The number of hydrogen-bond donors (Lipinski definition) is 0. The number of carbonyl (C=O) groups is 1. The quantitative estimate of drug-likeness (QED) is 0.211. The normalized spacial score (nSPS) is 12.3. The molecule has 0 aliphatic rings. The zero-order valence-corrected chi connectivity index (χ0v) is 16.2. The van der Waals surface area contributed by atoms with Crippen LogP contribution in [0, 0.1) is 5.92 Å². The molecule has 0 N–H and O–H groups in total. The first-order valence-electron chi connectivity index (χ1n) is 10.3. The number of hydrogen-bond acceptors (Lipinski definition) is 2. The SMILES string of the molecule is CCCCCCCCCCCCCCCCC(C)COC(C)=O. The second kappa shape index (κ2) is 17.8. The summed E-state index contributed by atoms with van der Waals surface area (Å²) in [5.41, 5.74) is 0. The van der Waals surface area contributed by atoms with E-state index in [0.717, 1.165) is 0 Å². The molecule has 0 radical (unpaired) electrons. The Bertz CT molecular complexity index is 250. The highest BCUT2D eigenvalue weighted by Crippen LogP contribution is 2.15. The molecule has 0 aliphatic carbocycles. The van der Waals surface area contributed by atoms with Gasteiger partial charge in [-0.2, -0.15) is 0 Å². The van der Waals surface area contributed by atoms with Crippen molar-refractivity contribution in [2.75, 3.05) is 6.61 Å². The topological polar surface area (TPSA) is 26.3 Å². The van der Waals surface area contributed by atoms with Crippen LogP contribution in [0.1, 0.15) is 117 Å². The van der Waals surface area contributed by atoms with E-state index in [9.17, 15) is 4.79 Å². The van der Waals surface area contributed by atoms with E-state index >= 15 is 0 Å². The predicted octanol–water partition coefficient (Wildman–Crippen LogP) is 7.06. The number of carbonyl (C=O) groups excluding carboxylic acids is 1. The summed E-state index contributed by atoms with van der Waals surface area (Å²) in [7, 11) is 0. The minimum Gasteiger partial charge on any atom is -0.466 e. The van der Waals surface area contributed by atoms with Gasteiger partial charge in [0, 0.05) is 6.92 Å². The van der Waals surface area contributed by atoms with E-state index in [1.165, 1.54) is 103 Å². The predicted molar refractivity (Wildman–Crippen MR) is 101 cm³/mol. The lowest BCUT2D eigenvalue weighted by atomic mass is 10.0. The van der Waals surface area contributed by atoms with Gasteiger partial charge in [0.2, 0.25) is 0 Å². The maximum Gasteiger partial charge on any atom is 0.302 e. The zero-order chi connectivity index (χ0) is 17.2. The molecule has 0 aliphatic heterocycles. The van der Waals surface area contributed by atoms with Gasteiger partial charge in [-0.15, -0.1) is 0 Å². The smallest absolute Gasteiger partial charge is 0.302 e. The summed E-state index contributed by atoms with van der Waals surface area (Å²) < 4.78 is 5.03. The Morgan fingerprint density at radius 2 is 1.13 bits per heavy atom. The van der Waals surface area contributed by atoms with Crippen LogP contribution in [0.2, 0.25) is 0 Å². The van der Waals surface area contributed by atoms with Gasteiger partial charge < -0.3 is 4.74 Å². The molecule has 0 spiro atoms. The molecule has 2 heteroatoms. The molecule has 0 bridgehead atoms. The molecule has 0 fully saturated rings. The largest absolute Gasteiger partial charge is 0.466 e. The minimum atomic E-state index is -0.155. The van der Waals surface area contributed by atoms with E-state index in [-0.39, 0.29) is 5.97 Å². The molecule has 0 rings (SSSR count). The lowest BCUT2D eigenvalue weighted by Gasteiger charge is -2.10. The van der Waals surface area contributed by atoms with Gasteiger partial charge in [0.1, 0.15) is 0 Å². The first-order chi connectivity index (χ1) is 11.2. The standard InChI is InChI=1S/C21H42O2/c1-4-5-6-7-8-9-10-11-12-13-14-15-16-17-18-20(2)19-23-21(3)22/h20H,4-19H2,1-3H3. The van der Waals surface area contributed by atoms with Gasteiger partial charge in [0.25, 0.3) is 0 Å². The first kappa shape index (κ1) is 22.5. The van der Waals surface area contributed by atoms with Crippen LogP contribution in [-0.4, -0.2) is 12.6 Å². The Balaban J connectivity index is 3.09. The van der Waals surface area contributed by atoms with Gasteiger partial charge in [0.15, 0.2) is 0 Å². The molecule has 1 unspecified atom stereocenters. The molecule has 1 atom stereocenters. The van der Waals surface area contributed by atoms with Crippen molar-refractivity contribution in [3.05, 3.63) is 0 Å². The molecular formula is C21H42O2. The third kappa shape index (κ3) is 19.4. The fourth-order valence-electron chi connectivity index (χ4n) is 3.03. The number of unbranched alkanes of at least 4 members (excludes halogenated alkanes) is 13. The van der Waals surface area contributed by atoms with Gasteiger partial charge in [-0.05, 0) is 12.3 Å². The molecule has 0 aromatic heterocycles. The molecule has 0 saturated carbocycles. The lowest BCUT2D eigenvalue weighted by molar-refractivity contribution is -0.142. The molecule has 2 nitrogen and oxygen atoms in total. The Labute approximate surface area is 145 Å². The van der Waals surface area contributed by atoms with E-state index < -0.39 is 0 Å². The Morgan fingerprint density at radius 3 is 1.52 bits per heavy atom. The summed E-state index contributed by atoms with van der Waals surface area (Å²) in [5, 5.41) is 0. The fourth-order valence-corrected chi connectivity index (χ4v) is 3.03. The number of rotatable bonds is 17. The second-order valence-corrected chi connectivity index (χ2v) is 7.29. The van der Waals surface area contributed by atoms with Crippen molar-refractivity contribution in [2.45, 2.75) is 117 Å². The van der Waals surface area contributed by atoms with E-state index in [1.54, 1.807) is 0 Å². The summed E-state index contributed by atoms with van der Waals surface area (Å²) in [6.07, 6.45) is 20.9. The fraction of sp³-hybridized carbons (Fsp3) is 0.952. The first-order valence-corrected chi connectivity index (χ1v) is 10.3. The molecule has 0 amide bonds. The summed E-state index contributed by atoms with van der Waals surface area (Å²) in [4.78, 5) is 10.7. The van der Waals surface area contributed by atoms with E-state index in [0.29, 0.717) is 12.5 Å². The molecule has 23 heavy (non-hydrogen) atoms. The summed E-state index contributed by atoms with van der Waals surface area (Å²) in [6.45, 7) is 6.53. The molecule has 0 saturated heterocycles. The van der Waals surface area contributed by atoms with Crippen LogP contribution in [0.15, 0.2) is 0 Å². The number of ether oxygens (including phenoxy) is 1. The average molecular weight is 327 g/mol. The zero-order valence-electron chi connectivity index (χ0n) is 16.2. The van der Waals surface area contributed by atoms with Crippen molar-refractivity contribution in [3.8, 4) is 0 Å².